The molecule has 1 heterocycles. The van der Waals surface area contributed by atoms with Gasteiger partial charge in [0.25, 0.3) is 5.56 Å². The standard InChI is InChI=1S/C13H9ClF2N2O2/c14-10-5-8(15)1-3-11(10)17-12(19)7-18-6-9(16)2-4-13(18)20/h1-6H,7H2,(H,17,19). The molecule has 20 heavy (non-hydrogen) atoms. The molecule has 1 aromatic heterocycles. The van der Waals surface area contributed by atoms with Gasteiger partial charge in [0.15, 0.2) is 0 Å². The van der Waals surface area contributed by atoms with Gasteiger partial charge in [-0.3, -0.25) is 9.59 Å². The zero-order chi connectivity index (χ0) is 14.7. The van der Waals surface area contributed by atoms with E-state index >= 15 is 0 Å². The highest BCUT2D eigenvalue weighted by atomic mass is 35.5. The largest absolute Gasteiger partial charge is 0.323 e. The van der Waals surface area contributed by atoms with Crippen molar-refractivity contribution in [1.82, 2.24) is 4.57 Å². The number of carbonyl (C=O) groups excluding carboxylic acids is 1. The van der Waals surface area contributed by atoms with Crippen molar-refractivity contribution in [2.45, 2.75) is 6.54 Å². The fraction of sp³-hybridized carbons (Fsp3) is 0.0769. The van der Waals surface area contributed by atoms with Crippen molar-refractivity contribution in [2.75, 3.05) is 5.32 Å². The summed E-state index contributed by atoms with van der Waals surface area (Å²) in [6.07, 6.45) is 0.925. The highest BCUT2D eigenvalue weighted by Crippen LogP contribution is 2.22. The molecule has 0 unspecified atom stereocenters. The molecule has 0 bridgehead atoms. The lowest BCUT2D eigenvalue weighted by Gasteiger charge is -2.08. The van der Waals surface area contributed by atoms with Crippen molar-refractivity contribution >= 4 is 23.2 Å². The van der Waals surface area contributed by atoms with Crippen molar-refractivity contribution in [2.24, 2.45) is 0 Å². The van der Waals surface area contributed by atoms with Crippen LogP contribution in [-0.2, 0) is 11.3 Å². The first-order chi connectivity index (χ1) is 9.45. The summed E-state index contributed by atoms with van der Waals surface area (Å²) in [5, 5.41) is 2.45. The van der Waals surface area contributed by atoms with E-state index in [1.54, 1.807) is 0 Å². The van der Waals surface area contributed by atoms with E-state index in [0.717, 1.165) is 35.0 Å². The van der Waals surface area contributed by atoms with E-state index in [1.807, 2.05) is 0 Å². The second-order valence-corrected chi connectivity index (χ2v) is 4.39. The second kappa shape index (κ2) is 5.83. The summed E-state index contributed by atoms with van der Waals surface area (Å²) >= 11 is 5.75. The number of rotatable bonds is 3. The van der Waals surface area contributed by atoms with Crippen LogP contribution < -0.4 is 10.9 Å². The molecule has 2 aromatic rings. The second-order valence-electron chi connectivity index (χ2n) is 3.99. The van der Waals surface area contributed by atoms with Crippen LogP contribution in [0.25, 0.3) is 0 Å². The van der Waals surface area contributed by atoms with E-state index in [1.165, 1.54) is 6.07 Å². The van der Waals surface area contributed by atoms with E-state index < -0.39 is 23.1 Å². The predicted octanol–water partition coefficient (Wildman–Crippen LogP) is 2.42. The van der Waals surface area contributed by atoms with Crippen LogP contribution >= 0.6 is 11.6 Å². The van der Waals surface area contributed by atoms with Crippen LogP contribution in [0, 0.1) is 11.6 Å². The summed E-state index contributed by atoms with van der Waals surface area (Å²) in [4.78, 5) is 23.1. The number of aromatic nitrogens is 1. The van der Waals surface area contributed by atoms with Gasteiger partial charge in [-0.15, -0.1) is 0 Å². The fourth-order valence-electron chi connectivity index (χ4n) is 1.56. The molecule has 0 saturated carbocycles. The molecule has 1 N–H and O–H groups in total. The summed E-state index contributed by atoms with van der Waals surface area (Å²) in [6, 6.07) is 5.51. The molecular formula is C13H9ClF2N2O2. The molecule has 104 valence electrons. The number of pyridine rings is 1. The summed E-state index contributed by atoms with van der Waals surface area (Å²) < 4.78 is 26.7. The lowest BCUT2D eigenvalue weighted by atomic mass is 10.3. The van der Waals surface area contributed by atoms with E-state index in [2.05, 4.69) is 5.32 Å². The molecule has 2 rings (SSSR count). The number of hydrogen-bond acceptors (Lipinski definition) is 2. The van der Waals surface area contributed by atoms with Crippen molar-refractivity contribution in [3.8, 4) is 0 Å². The number of hydrogen-bond donors (Lipinski definition) is 1. The van der Waals surface area contributed by atoms with E-state index in [-0.39, 0.29) is 17.3 Å². The molecule has 0 radical (unpaired) electrons. The molecule has 0 fully saturated rings. The smallest absolute Gasteiger partial charge is 0.251 e. The number of halogens is 3. The molecule has 7 heteroatoms. The van der Waals surface area contributed by atoms with Gasteiger partial charge in [0.1, 0.15) is 18.2 Å². The van der Waals surface area contributed by atoms with Gasteiger partial charge in [0.05, 0.1) is 10.7 Å². The van der Waals surface area contributed by atoms with Gasteiger partial charge in [-0.2, -0.15) is 0 Å². The molecule has 1 aromatic carbocycles. The summed E-state index contributed by atoms with van der Waals surface area (Å²) in [5.41, 5.74) is -0.297. The zero-order valence-electron chi connectivity index (χ0n) is 10.1. The van der Waals surface area contributed by atoms with Crippen molar-refractivity contribution in [3.63, 3.8) is 0 Å². The van der Waals surface area contributed by atoms with Gasteiger partial charge >= 0.3 is 0 Å². The molecule has 0 aliphatic rings. The average molecular weight is 299 g/mol. The van der Waals surface area contributed by atoms with Crippen molar-refractivity contribution < 1.29 is 13.6 Å². The zero-order valence-corrected chi connectivity index (χ0v) is 10.8. The van der Waals surface area contributed by atoms with Crippen LogP contribution in [0.2, 0.25) is 5.02 Å². The van der Waals surface area contributed by atoms with Crippen LogP contribution in [0.4, 0.5) is 14.5 Å². The average Bonchev–Trinajstić information content (AvgIpc) is 2.37. The molecular weight excluding hydrogens is 290 g/mol. The lowest BCUT2D eigenvalue weighted by molar-refractivity contribution is -0.116. The number of nitrogens with zero attached hydrogens (tertiary/aromatic N) is 1. The Balaban J connectivity index is 2.13. The minimum atomic E-state index is -0.628. The van der Waals surface area contributed by atoms with Gasteiger partial charge in [0.2, 0.25) is 5.91 Å². The van der Waals surface area contributed by atoms with E-state index in [0.29, 0.717) is 0 Å². The molecule has 0 atom stereocenters. The molecule has 0 aliphatic heterocycles. The minimum Gasteiger partial charge on any atom is -0.323 e. The maximum Gasteiger partial charge on any atom is 0.251 e. The van der Waals surface area contributed by atoms with Gasteiger partial charge in [-0.25, -0.2) is 8.78 Å². The summed E-state index contributed by atoms with van der Waals surface area (Å²) in [7, 11) is 0. The Kier molecular flexibility index (Phi) is 4.14. The first kappa shape index (κ1) is 14.2. The molecule has 0 saturated heterocycles. The summed E-state index contributed by atoms with van der Waals surface area (Å²) in [5.74, 6) is -1.74. The number of amides is 1. The topological polar surface area (TPSA) is 51.1 Å². The van der Waals surface area contributed by atoms with Crippen LogP contribution in [0.15, 0.2) is 41.3 Å². The number of carbonyl (C=O) groups is 1. The van der Waals surface area contributed by atoms with Gasteiger partial charge in [0, 0.05) is 12.3 Å². The van der Waals surface area contributed by atoms with E-state index in [4.69, 9.17) is 11.6 Å². The third-order valence-electron chi connectivity index (χ3n) is 2.47. The Bertz CT molecular complexity index is 716. The normalized spacial score (nSPS) is 10.3. The van der Waals surface area contributed by atoms with Crippen molar-refractivity contribution in [1.29, 1.82) is 0 Å². The Morgan fingerprint density at radius 1 is 1.20 bits per heavy atom. The molecule has 4 nitrogen and oxygen atoms in total. The van der Waals surface area contributed by atoms with Gasteiger partial charge < -0.3 is 9.88 Å². The van der Waals surface area contributed by atoms with Gasteiger partial charge in [-0.1, -0.05) is 11.6 Å². The first-order valence-electron chi connectivity index (χ1n) is 5.56. The molecule has 0 aliphatic carbocycles. The van der Waals surface area contributed by atoms with Crippen LogP contribution in [0.1, 0.15) is 0 Å². The third kappa shape index (κ3) is 3.42. The quantitative estimate of drug-likeness (QED) is 0.946. The molecule has 0 spiro atoms. The molecule has 1 amide bonds. The first-order valence-corrected chi connectivity index (χ1v) is 5.94. The SMILES string of the molecule is O=C(Cn1cc(F)ccc1=O)Nc1ccc(F)cc1Cl. The lowest BCUT2D eigenvalue weighted by Crippen LogP contribution is -2.27. The van der Waals surface area contributed by atoms with Crippen LogP contribution in [0.3, 0.4) is 0 Å². The Hall–Kier alpha value is -2.21. The number of nitrogens with one attached hydrogen (secondary N) is 1. The predicted molar refractivity (Wildman–Crippen MR) is 70.7 cm³/mol. The number of anilines is 1. The van der Waals surface area contributed by atoms with Crippen LogP contribution in [-0.4, -0.2) is 10.5 Å². The Morgan fingerprint density at radius 3 is 2.60 bits per heavy atom. The maximum absolute atomic E-state index is 13.0. The van der Waals surface area contributed by atoms with Gasteiger partial charge in [-0.05, 0) is 24.3 Å². The monoisotopic (exact) mass is 298 g/mol. The highest BCUT2D eigenvalue weighted by molar-refractivity contribution is 6.33. The highest BCUT2D eigenvalue weighted by Gasteiger charge is 2.09. The Morgan fingerprint density at radius 2 is 1.90 bits per heavy atom. The maximum atomic E-state index is 13.0. The third-order valence-corrected chi connectivity index (χ3v) is 2.78. The minimum absolute atomic E-state index is 0.0324. The summed E-state index contributed by atoms with van der Waals surface area (Å²) in [6.45, 7) is -0.371. The fourth-order valence-corrected chi connectivity index (χ4v) is 1.78. The van der Waals surface area contributed by atoms with Crippen molar-refractivity contribution in [3.05, 3.63) is 63.5 Å². The van der Waals surface area contributed by atoms with Crippen LogP contribution in [0.5, 0.6) is 0 Å². The van der Waals surface area contributed by atoms with E-state index in [9.17, 15) is 18.4 Å². The Labute approximate surface area is 117 Å². The number of benzene rings is 1.